The number of esters is 1. The molecule has 0 radical (unpaired) electrons. The molecule has 1 heterocycles. The van der Waals surface area contributed by atoms with E-state index < -0.39 is 12.0 Å². The summed E-state index contributed by atoms with van der Waals surface area (Å²) in [4.78, 5) is 36.7. The third kappa shape index (κ3) is 3.17. The number of benzene rings is 1. The third-order valence-electron chi connectivity index (χ3n) is 3.26. The second-order valence-corrected chi connectivity index (χ2v) is 6.19. The summed E-state index contributed by atoms with van der Waals surface area (Å²) in [7, 11) is 1.28. The second kappa shape index (κ2) is 6.70. The summed E-state index contributed by atoms with van der Waals surface area (Å²) in [5, 5.41) is 0. The van der Waals surface area contributed by atoms with Crippen molar-refractivity contribution >= 4 is 23.3 Å². The Morgan fingerprint density at radius 3 is 2.36 bits per heavy atom. The van der Waals surface area contributed by atoms with Crippen molar-refractivity contribution in [3.63, 3.8) is 0 Å². The molecule has 0 aliphatic rings. The maximum Gasteiger partial charge on any atom is 0.330 e. The SMILES string of the molecule is COC(=O)C(C(C)C)n1sc(C(=O)c2ccccc2)cc1=O. The van der Waals surface area contributed by atoms with Gasteiger partial charge in [-0.1, -0.05) is 55.7 Å². The van der Waals surface area contributed by atoms with Gasteiger partial charge in [-0.05, 0) is 5.92 Å². The van der Waals surface area contributed by atoms with Gasteiger partial charge in [-0.3, -0.25) is 9.59 Å². The highest BCUT2D eigenvalue weighted by Crippen LogP contribution is 2.23. The molecule has 1 unspecified atom stereocenters. The van der Waals surface area contributed by atoms with Crippen molar-refractivity contribution in [2.45, 2.75) is 19.9 Å². The Bertz CT molecular complexity index is 730. The molecule has 22 heavy (non-hydrogen) atoms. The molecule has 6 heteroatoms. The first-order chi connectivity index (χ1) is 10.5. The van der Waals surface area contributed by atoms with Crippen LogP contribution in [0.1, 0.15) is 35.1 Å². The summed E-state index contributed by atoms with van der Waals surface area (Å²) in [5.41, 5.74) is 0.142. The molecule has 0 spiro atoms. The van der Waals surface area contributed by atoms with Gasteiger partial charge < -0.3 is 4.74 Å². The first-order valence-corrected chi connectivity index (χ1v) is 7.63. The van der Waals surface area contributed by atoms with Crippen LogP contribution in [0.5, 0.6) is 0 Å². The summed E-state index contributed by atoms with van der Waals surface area (Å²) >= 11 is 0.996. The van der Waals surface area contributed by atoms with Crippen LogP contribution in [0.3, 0.4) is 0 Å². The fraction of sp³-hybridized carbons (Fsp3) is 0.312. The molecule has 1 aromatic heterocycles. The van der Waals surface area contributed by atoms with E-state index in [4.69, 9.17) is 4.74 Å². The fourth-order valence-electron chi connectivity index (χ4n) is 2.15. The fourth-order valence-corrected chi connectivity index (χ4v) is 3.30. The van der Waals surface area contributed by atoms with Crippen LogP contribution in [0.15, 0.2) is 41.2 Å². The van der Waals surface area contributed by atoms with E-state index in [-0.39, 0.29) is 17.3 Å². The predicted octanol–water partition coefficient (Wildman–Crippen LogP) is 2.51. The van der Waals surface area contributed by atoms with E-state index in [2.05, 4.69) is 0 Å². The zero-order valence-corrected chi connectivity index (χ0v) is 13.4. The van der Waals surface area contributed by atoms with Gasteiger partial charge in [0.25, 0.3) is 5.56 Å². The smallest absolute Gasteiger partial charge is 0.330 e. The molecule has 5 nitrogen and oxygen atoms in total. The Labute approximate surface area is 132 Å². The Kier molecular flexibility index (Phi) is 4.92. The van der Waals surface area contributed by atoms with Crippen molar-refractivity contribution < 1.29 is 14.3 Å². The molecule has 0 aliphatic carbocycles. The molecule has 0 N–H and O–H groups in total. The zero-order chi connectivity index (χ0) is 16.3. The van der Waals surface area contributed by atoms with E-state index in [1.165, 1.54) is 17.1 Å². The molecular weight excluding hydrogens is 302 g/mol. The van der Waals surface area contributed by atoms with E-state index in [1.807, 2.05) is 19.9 Å². The lowest BCUT2D eigenvalue weighted by atomic mass is 10.1. The van der Waals surface area contributed by atoms with E-state index in [0.29, 0.717) is 10.4 Å². The van der Waals surface area contributed by atoms with Crippen LogP contribution in [0.2, 0.25) is 0 Å². The highest BCUT2D eigenvalue weighted by molar-refractivity contribution is 7.09. The summed E-state index contributed by atoms with van der Waals surface area (Å²) in [6, 6.07) is 9.28. The normalized spacial score (nSPS) is 12.2. The first-order valence-electron chi connectivity index (χ1n) is 6.86. The van der Waals surface area contributed by atoms with Crippen LogP contribution >= 0.6 is 11.5 Å². The van der Waals surface area contributed by atoms with E-state index in [9.17, 15) is 14.4 Å². The summed E-state index contributed by atoms with van der Waals surface area (Å²) in [6.45, 7) is 3.65. The summed E-state index contributed by atoms with van der Waals surface area (Å²) in [6.07, 6.45) is 0. The molecule has 116 valence electrons. The molecule has 0 fully saturated rings. The van der Waals surface area contributed by atoms with Gasteiger partial charge in [0.1, 0.15) is 6.04 Å². The van der Waals surface area contributed by atoms with Crippen molar-refractivity contribution in [3.8, 4) is 0 Å². The molecule has 0 bridgehead atoms. The third-order valence-corrected chi connectivity index (χ3v) is 4.36. The standard InChI is InChI=1S/C16H17NO4S/c1-10(2)14(16(20)21-3)17-13(18)9-12(22-17)15(19)11-7-5-4-6-8-11/h4-10,14H,1-3H3. The number of methoxy groups -OCH3 is 1. The molecule has 0 aliphatic heterocycles. The van der Waals surface area contributed by atoms with E-state index >= 15 is 0 Å². The molecular formula is C16H17NO4S. The number of nitrogens with zero attached hydrogens (tertiary/aromatic N) is 1. The number of rotatable bonds is 5. The van der Waals surface area contributed by atoms with Crippen LogP contribution in [-0.2, 0) is 9.53 Å². The van der Waals surface area contributed by atoms with Crippen LogP contribution in [-0.4, -0.2) is 22.8 Å². The number of hydrogen-bond acceptors (Lipinski definition) is 5. The Morgan fingerprint density at radius 1 is 1.18 bits per heavy atom. The Morgan fingerprint density at radius 2 is 1.82 bits per heavy atom. The van der Waals surface area contributed by atoms with Crippen LogP contribution in [0.25, 0.3) is 0 Å². The van der Waals surface area contributed by atoms with E-state index in [1.54, 1.807) is 24.3 Å². The average molecular weight is 319 g/mol. The number of ketones is 1. The van der Waals surface area contributed by atoms with Crippen LogP contribution < -0.4 is 5.56 Å². The summed E-state index contributed by atoms with van der Waals surface area (Å²) < 4.78 is 6.07. The number of aromatic nitrogens is 1. The number of ether oxygens (including phenoxy) is 1. The lowest BCUT2D eigenvalue weighted by molar-refractivity contribution is -0.145. The monoisotopic (exact) mass is 319 g/mol. The van der Waals surface area contributed by atoms with Gasteiger partial charge in [0.15, 0.2) is 0 Å². The molecule has 0 amide bonds. The molecule has 0 saturated carbocycles. The van der Waals surface area contributed by atoms with Crippen molar-refractivity contribution in [2.24, 2.45) is 5.92 Å². The highest BCUT2D eigenvalue weighted by atomic mass is 32.1. The topological polar surface area (TPSA) is 65.4 Å². The van der Waals surface area contributed by atoms with Gasteiger partial charge in [-0.15, -0.1) is 0 Å². The van der Waals surface area contributed by atoms with Crippen LogP contribution in [0.4, 0.5) is 0 Å². The minimum Gasteiger partial charge on any atom is -0.467 e. The second-order valence-electron chi connectivity index (χ2n) is 5.17. The van der Waals surface area contributed by atoms with Crippen molar-refractivity contribution in [2.75, 3.05) is 7.11 Å². The number of carbonyl (C=O) groups is 2. The van der Waals surface area contributed by atoms with E-state index in [0.717, 1.165) is 11.5 Å². The minimum atomic E-state index is -0.722. The summed E-state index contributed by atoms with van der Waals surface area (Å²) in [5.74, 6) is -0.838. The van der Waals surface area contributed by atoms with Crippen molar-refractivity contribution in [1.82, 2.24) is 3.96 Å². The maximum atomic E-state index is 12.4. The van der Waals surface area contributed by atoms with Gasteiger partial charge in [0.05, 0.1) is 12.0 Å². The molecule has 1 atom stereocenters. The van der Waals surface area contributed by atoms with Gasteiger partial charge in [-0.2, -0.15) is 0 Å². The maximum absolute atomic E-state index is 12.4. The largest absolute Gasteiger partial charge is 0.467 e. The molecule has 2 rings (SSSR count). The van der Waals surface area contributed by atoms with Crippen LogP contribution in [0, 0.1) is 5.92 Å². The number of carbonyl (C=O) groups excluding carboxylic acids is 2. The Hall–Kier alpha value is -2.21. The zero-order valence-electron chi connectivity index (χ0n) is 12.6. The highest BCUT2D eigenvalue weighted by Gasteiger charge is 2.28. The van der Waals surface area contributed by atoms with Gasteiger partial charge in [0, 0.05) is 11.6 Å². The van der Waals surface area contributed by atoms with Crippen molar-refractivity contribution in [1.29, 1.82) is 0 Å². The van der Waals surface area contributed by atoms with Crippen molar-refractivity contribution in [3.05, 3.63) is 57.2 Å². The minimum absolute atomic E-state index is 0.122. The molecule has 2 aromatic rings. The molecule has 1 aromatic carbocycles. The molecule has 0 saturated heterocycles. The lowest BCUT2D eigenvalue weighted by Gasteiger charge is -2.18. The Balaban J connectivity index is 2.41. The lowest BCUT2D eigenvalue weighted by Crippen LogP contribution is -2.30. The quantitative estimate of drug-likeness (QED) is 0.627. The van der Waals surface area contributed by atoms with Gasteiger partial charge >= 0.3 is 5.97 Å². The predicted molar refractivity (Wildman–Crippen MR) is 84.3 cm³/mol. The van der Waals surface area contributed by atoms with Gasteiger partial charge in [0.2, 0.25) is 5.78 Å². The first kappa shape index (κ1) is 16.2. The average Bonchev–Trinajstić information content (AvgIpc) is 2.88. The van der Waals surface area contributed by atoms with Gasteiger partial charge in [-0.25, -0.2) is 8.75 Å². The number of hydrogen-bond donors (Lipinski definition) is 0.